The van der Waals surface area contributed by atoms with Gasteiger partial charge in [0.25, 0.3) is 0 Å². The van der Waals surface area contributed by atoms with E-state index in [1.165, 1.54) is 0 Å². The Morgan fingerprint density at radius 3 is 2.89 bits per heavy atom. The van der Waals surface area contributed by atoms with E-state index in [1.54, 1.807) is 4.90 Å². The van der Waals surface area contributed by atoms with E-state index >= 15 is 0 Å². The van der Waals surface area contributed by atoms with Crippen molar-refractivity contribution in [2.75, 3.05) is 6.54 Å². The number of carbonyl (C=O) groups excluding carboxylic acids is 1. The van der Waals surface area contributed by atoms with Crippen molar-refractivity contribution in [2.24, 2.45) is 5.73 Å². The molecule has 2 heterocycles. The molecule has 2 rings (SSSR count). The van der Waals surface area contributed by atoms with Crippen LogP contribution in [0.3, 0.4) is 0 Å². The van der Waals surface area contributed by atoms with E-state index in [9.17, 15) is 4.79 Å². The van der Waals surface area contributed by atoms with E-state index in [0.717, 1.165) is 17.0 Å². The topological polar surface area (TPSA) is 81.6 Å². The van der Waals surface area contributed by atoms with Gasteiger partial charge in [0.2, 0.25) is 0 Å². The van der Waals surface area contributed by atoms with Crippen molar-refractivity contribution in [3.63, 3.8) is 0 Å². The minimum absolute atomic E-state index is 0.308. The molecule has 0 spiro atoms. The van der Waals surface area contributed by atoms with Gasteiger partial charge in [-0.3, -0.25) is 0 Å². The first-order valence-corrected chi connectivity index (χ1v) is 6.05. The maximum atomic E-state index is 12.0. The number of ether oxygens (including phenoxy) is 1. The molecule has 0 fully saturated rings. The van der Waals surface area contributed by atoms with E-state index in [-0.39, 0.29) is 6.09 Å². The molecule has 0 atom stereocenters. The van der Waals surface area contributed by atoms with Crippen LogP contribution in [0.25, 0.3) is 0 Å². The van der Waals surface area contributed by atoms with Gasteiger partial charge in [-0.25, -0.2) is 4.79 Å². The average Bonchev–Trinajstić information content (AvgIpc) is 2.68. The van der Waals surface area contributed by atoms with Gasteiger partial charge >= 0.3 is 6.09 Å². The molecule has 6 heteroatoms. The molecule has 0 radical (unpaired) electrons. The van der Waals surface area contributed by atoms with Crippen LogP contribution in [0.15, 0.2) is 4.52 Å². The molecular formula is C12H19N3O3. The van der Waals surface area contributed by atoms with Crippen molar-refractivity contribution in [1.82, 2.24) is 10.1 Å². The third kappa shape index (κ3) is 2.64. The Labute approximate surface area is 106 Å². The van der Waals surface area contributed by atoms with Crippen LogP contribution in [0.5, 0.6) is 0 Å². The number of nitrogens with zero attached hydrogens (tertiary/aromatic N) is 2. The molecule has 2 N–H and O–H groups in total. The Balaban J connectivity index is 2.09. The molecule has 0 bridgehead atoms. The van der Waals surface area contributed by atoms with Crippen molar-refractivity contribution in [3.05, 3.63) is 17.0 Å². The second kappa shape index (κ2) is 4.61. The molecule has 100 valence electrons. The highest BCUT2D eigenvalue weighted by Crippen LogP contribution is 2.23. The summed E-state index contributed by atoms with van der Waals surface area (Å²) in [6.07, 6.45) is 0.346. The third-order valence-electron chi connectivity index (χ3n) is 2.75. The van der Waals surface area contributed by atoms with Gasteiger partial charge in [-0.1, -0.05) is 5.16 Å². The van der Waals surface area contributed by atoms with Crippen molar-refractivity contribution in [2.45, 2.75) is 45.9 Å². The molecule has 1 aromatic rings. The number of hydrogen-bond donors (Lipinski definition) is 1. The lowest BCUT2D eigenvalue weighted by atomic mass is 10.1. The molecule has 0 unspecified atom stereocenters. The fourth-order valence-electron chi connectivity index (χ4n) is 1.91. The molecular weight excluding hydrogens is 234 g/mol. The van der Waals surface area contributed by atoms with Gasteiger partial charge in [0.15, 0.2) is 0 Å². The summed E-state index contributed by atoms with van der Waals surface area (Å²) in [5.41, 5.74) is 6.75. The number of nitrogens with two attached hydrogens (primary N) is 1. The fourth-order valence-corrected chi connectivity index (χ4v) is 1.91. The smallest absolute Gasteiger partial charge is 0.410 e. The molecule has 1 amide bonds. The molecule has 1 aromatic heterocycles. The van der Waals surface area contributed by atoms with E-state index in [2.05, 4.69) is 5.16 Å². The Bertz CT molecular complexity index is 434. The highest BCUT2D eigenvalue weighted by Gasteiger charge is 2.29. The van der Waals surface area contributed by atoms with Crippen molar-refractivity contribution >= 4 is 6.09 Å². The molecule has 1 aliphatic rings. The minimum Gasteiger partial charge on any atom is -0.444 e. The quantitative estimate of drug-likeness (QED) is 0.818. The normalized spacial score (nSPS) is 15.4. The Morgan fingerprint density at radius 2 is 2.28 bits per heavy atom. The highest BCUT2D eigenvalue weighted by atomic mass is 16.6. The Morgan fingerprint density at radius 1 is 1.56 bits per heavy atom. The first-order valence-electron chi connectivity index (χ1n) is 6.05. The number of hydrogen-bond acceptors (Lipinski definition) is 5. The van der Waals surface area contributed by atoms with E-state index < -0.39 is 5.60 Å². The first-order chi connectivity index (χ1) is 8.40. The first kappa shape index (κ1) is 12.9. The summed E-state index contributed by atoms with van der Waals surface area (Å²) in [6, 6.07) is 0. The highest BCUT2D eigenvalue weighted by molar-refractivity contribution is 5.68. The molecule has 0 saturated carbocycles. The fraction of sp³-hybridized carbons (Fsp3) is 0.667. The van der Waals surface area contributed by atoms with Gasteiger partial charge in [-0.05, 0) is 20.8 Å². The summed E-state index contributed by atoms with van der Waals surface area (Å²) < 4.78 is 10.5. The van der Waals surface area contributed by atoms with Crippen molar-refractivity contribution in [3.8, 4) is 0 Å². The van der Waals surface area contributed by atoms with Crippen LogP contribution >= 0.6 is 0 Å². The predicted molar refractivity (Wildman–Crippen MR) is 64.7 cm³/mol. The maximum Gasteiger partial charge on any atom is 0.410 e. The van der Waals surface area contributed by atoms with Gasteiger partial charge in [0.05, 0.1) is 6.54 Å². The predicted octanol–water partition coefficient (Wildman–Crippen LogP) is 1.43. The summed E-state index contributed by atoms with van der Waals surface area (Å²) in [4.78, 5) is 13.6. The van der Waals surface area contributed by atoms with Crippen LogP contribution in [0, 0.1) is 0 Å². The third-order valence-corrected chi connectivity index (χ3v) is 2.75. The SMILES string of the molecule is CC(C)(C)OC(=O)N1CCc2onc(CN)c2C1. The molecule has 0 saturated heterocycles. The lowest BCUT2D eigenvalue weighted by Crippen LogP contribution is -2.39. The molecule has 0 aromatic carbocycles. The zero-order valence-electron chi connectivity index (χ0n) is 11.0. The summed E-state index contributed by atoms with van der Waals surface area (Å²) in [6.45, 7) is 6.92. The lowest BCUT2D eigenvalue weighted by Gasteiger charge is -2.29. The number of rotatable bonds is 1. The zero-order valence-corrected chi connectivity index (χ0v) is 11.0. The largest absolute Gasteiger partial charge is 0.444 e. The van der Waals surface area contributed by atoms with Gasteiger partial charge in [0, 0.05) is 25.1 Å². The van der Waals surface area contributed by atoms with Crippen LogP contribution in [0.4, 0.5) is 4.79 Å². The minimum atomic E-state index is -0.483. The van der Waals surface area contributed by atoms with Gasteiger partial charge in [0.1, 0.15) is 17.1 Å². The second-order valence-corrected chi connectivity index (χ2v) is 5.39. The van der Waals surface area contributed by atoms with E-state index in [0.29, 0.717) is 26.1 Å². The second-order valence-electron chi connectivity index (χ2n) is 5.39. The number of amides is 1. The summed E-state index contributed by atoms with van der Waals surface area (Å²) >= 11 is 0. The van der Waals surface area contributed by atoms with E-state index in [4.69, 9.17) is 15.0 Å². The maximum absolute atomic E-state index is 12.0. The van der Waals surface area contributed by atoms with Crippen LogP contribution in [0.1, 0.15) is 37.8 Å². The Hall–Kier alpha value is -1.56. The molecule has 1 aliphatic heterocycles. The molecule has 0 aliphatic carbocycles. The van der Waals surface area contributed by atoms with Crippen molar-refractivity contribution < 1.29 is 14.1 Å². The monoisotopic (exact) mass is 253 g/mol. The van der Waals surface area contributed by atoms with Crippen LogP contribution < -0.4 is 5.73 Å². The summed E-state index contributed by atoms with van der Waals surface area (Å²) in [7, 11) is 0. The van der Waals surface area contributed by atoms with Crippen LogP contribution in [0.2, 0.25) is 0 Å². The number of carbonyl (C=O) groups is 1. The summed E-state index contributed by atoms with van der Waals surface area (Å²) in [5, 5.41) is 3.91. The van der Waals surface area contributed by atoms with Crippen LogP contribution in [-0.2, 0) is 24.2 Å². The van der Waals surface area contributed by atoms with Gasteiger partial charge in [-0.15, -0.1) is 0 Å². The summed E-state index contributed by atoms with van der Waals surface area (Å²) in [5.74, 6) is 0.829. The number of aromatic nitrogens is 1. The van der Waals surface area contributed by atoms with Crippen molar-refractivity contribution in [1.29, 1.82) is 0 Å². The van der Waals surface area contributed by atoms with Gasteiger partial charge < -0.3 is 19.9 Å². The Kier molecular flexibility index (Phi) is 3.30. The van der Waals surface area contributed by atoms with Gasteiger partial charge in [-0.2, -0.15) is 0 Å². The zero-order chi connectivity index (χ0) is 13.3. The average molecular weight is 253 g/mol. The molecule has 6 nitrogen and oxygen atoms in total. The van der Waals surface area contributed by atoms with E-state index in [1.807, 2.05) is 20.8 Å². The number of fused-ring (bicyclic) bond motifs is 1. The van der Waals surface area contributed by atoms with Crippen LogP contribution in [-0.4, -0.2) is 28.3 Å². The standard InChI is InChI=1S/C12H19N3O3/c1-12(2,3)17-11(16)15-5-4-10-8(7-15)9(6-13)14-18-10/h4-7,13H2,1-3H3. The molecule has 18 heavy (non-hydrogen) atoms. The lowest BCUT2D eigenvalue weighted by molar-refractivity contribution is 0.0218.